The topological polar surface area (TPSA) is 24.9 Å². The van der Waals surface area contributed by atoms with Gasteiger partial charge in [0.2, 0.25) is 0 Å². The predicted molar refractivity (Wildman–Crippen MR) is 76.3 cm³/mol. The largest absolute Gasteiger partial charge is 0.416 e. The Morgan fingerprint density at radius 3 is 2.52 bits per heavy atom. The van der Waals surface area contributed by atoms with E-state index < -0.39 is 17.8 Å². The number of nitrogens with zero attached hydrogens (tertiary/aromatic N) is 1. The third kappa shape index (κ3) is 3.54. The first-order valence-electron chi connectivity index (χ1n) is 6.28. The highest BCUT2D eigenvalue weighted by Gasteiger charge is 2.35. The van der Waals surface area contributed by atoms with Gasteiger partial charge >= 0.3 is 6.18 Å². The van der Waals surface area contributed by atoms with Gasteiger partial charge < -0.3 is 5.32 Å². The summed E-state index contributed by atoms with van der Waals surface area (Å²) in [6, 6.07) is 5.57. The number of rotatable bonds is 3. The van der Waals surface area contributed by atoms with Gasteiger partial charge in [-0.05, 0) is 43.3 Å². The highest BCUT2D eigenvalue weighted by molar-refractivity contribution is 6.30. The number of alkyl halides is 3. The Morgan fingerprint density at radius 2 is 1.95 bits per heavy atom. The summed E-state index contributed by atoms with van der Waals surface area (Å²) in [4.78, 5) is 3.83. The average Bonchev–Trinajstić information content (AvgIpc) is 2.38. The van der Waals surface area contributed by atoms with Gasteiger partial charge in [-0.3, -0.25) is 4.98 Å². The molecule has 2 nitrogen and oxygen atoms in total. The molecule has 1 aromatic heterocycles. The zero-order valence-corrected chi connectivity index (χ0v) is 12.3. The first-order chi connectivity index (χ1) is 9.82. The fourth-order valence-corrected chi connectivity index (χ4v) is 2.63. The molecule has 0 amide bonds. The number of benzene rings is 1. The molecule has 0 radical (unpaired) electrons. The van der Waals surface area contributed by atoms with Crippen molar-refractivity contribution >= 4 is 11.6 Å². The van der Waals surface area contributed by atoms with Crippen LogP contribution in [-0.4, -0.2) is 12.0 Å². The molecule has 0 aliphatic heterocycles. The van der Waals surface area contributed by atoms with Crippen LogP contribution < -0.4 is 5.32 Å². The fourth-order valence-electron chi connectivity index (χ4n) is 2.33. The summed E-state index contributed by atoms with van der Waals surface area (Å²) in [5, 5.41) is 3.39. The van der Waals surface area contributed by atoms with E-state index in [1.54, 1.807) is 25.2 Å². The second-order valence-corrected chi connectivity index (χ2v) is 5.18. The lowest BCUT2D eigenvalue weighted by Gasteiger charge is -2.21. The van der Waals surface area contributed by atoms with Crippen molar-refractivity contribution < 1.29 is 13.2 Å². The normalized spacial score (nSPS) is 13.2. The number of aryl methyl sites for hydroxylation is 1. The molecular formula is C15H14ClF3N2. The molecule has 0 saturated carbocycles. The number of halogens is 4. The summed E-state index contributed by atoms with van der Waals surface area (Å²) in [5.74, 6) is 0. The zero-order valence-electron chi connectivity index (χ0n) is 11.5. The van der Waals surface area contributed by atoms with E-state index in [0.29, 0.717) is 10.6 Å². The Bertz CT molecular complexity index is 621. The molecule has 1 atom stereocenters. The van der Waals surface area contributed by atoms with Crippen LogP contribution in [0.1, 0.15) is 28.3 Å². The Labute approximate surface area is 126 Å². The average molecular weight is 315 g/mol. The van der Waals surface area contributed by atoms with Crippen molar-refractivity contribution in [1.82, 2.24) is 10.3 Å². The van der Waals surface area contributed by atoms with E-state index in [1.165, 1.54) is 6.20 Å². The van der Waals surface area contributed by atoms with Crippen molar-refractivity contribution in [2.75, 3.05) is 7.05 Å². The molecular weight excluding hydrogens is 301 g/mol. The van der Waals surface area contributed by atoms with E-state index in [4.69, 9.17) is 11.6 Å². The van der Waals surface area contributed by atoms with Crippen molar-refractivity contribution in [1.29, 1.82) is 0 Å². The lowest BCUT2D eigenvalue weighted by molar-refractivity contribution is -0.138. The zero-order chi connectivity index (χ0) is 15.6. The van der Waals surface area contributed by atoms with E-state index in [2.05, 4.69) is 10.3 Å². The molecule has 2 rings (SSSR count). The number of aromatic nitrogens is 1. The predicted octanol–water partition coefficient (Wildman–Crippen LogP) is 4.37. The molecule has 1 unspecified atom stereocenters. The van der Waals surface area contributed by atoms with Crippen molar-refractivity contribution in [3.63, 3.8) is 0 Å². The molecule has 1 heterocycles. The van der Waals surface area contributed by atoms with Crippen molar-refractivity contribution in [3.8, 4) is 0 Å². The molecule has 0 aliphatic rings. The lowest BCUT2D eigenvalue weighted by atomic mass is 9.95. The first kappa shape index (κ1) is 15.8. The van der Waals surface area contributed by atoms with Crippen LogP contribution in [0, 0.1) is 6.92 Å². The molecule has 6 heteroatoms. The maximum atomic E-state index is 13.1. The van der Waals surface area contributed by atoms with Gasteiger partial charge in [-0.2, -0.15) is 13.2 Å². The highest BCUT2D eigenvalue weighted by Crippen LogP contribution is 2.36. The Kier molecular flexibility index (Phi) is 4.54. The van der Waals surface area contributed by atoms with Gasteiger partial charge in [-0.1, -0.05) is 17.7 Å². The molecule has 112 valence electrons. The van der Waals surface area contributed by atoms with Gasteiger partial charge in [0.05, 0.1) is 11.6 Å². The van der Waals surface area contributed by atoms with Crippen LogP contribution in [0.3, 0.4) is 0 Å². The summed E-state index contributed by atoms with van der Waals surface area (Å²) in [7, 11) is 1.61. The monoisotopic (exact) mass is 314 g/mol. The number of hydrogen-bond acceptors (Lipinski definition) is 2. The molecule has 0 saturated heterocycles. The molecule has 21 heavy (non-hydrogen) atoms. The summed E-state index contributed by atoms with van der Waals surface area (Å²) < 4.78 is 39.4. The van der Waals surface area contributed by atoms with Gasteiger partial charge in [0.15, 0.2) is 0 Å². The van der Waals surface area contributed by atoms with Crippen molar-refractivity contribution in [2.24, 2.45) is 0 Å². The minimum atomic E-state index is -4.43. The number of hydrogen-bond donors (Lipinski definition) is 1. The maximum Gasteiger partial charge on any atom is 0.416 e. The summed E-state index contributed by atoms with van der Waals surface area (Å²) in [6.45, 7) is 1.84. The van der Waals surface area contributed by atoms with E-state index in [1.807, 2.05) is 6.92 Å². The standard InChI is InChI=1S/C15H14ClF3N2/c1-9-5-10(7-11(16)6-9)14(20-2)12-8-21-4-3-13(12)15(17,18)19/h3-8,14,20H,1-2H3. The maximum absolute atomic E-state index is 13.1. The van der Waals surface area contributed by atoms with Crippen LogP contribution in [0.5, 0.6) is 0 Å². The third-order valence-corrected chi connectivity index (χ3v) is 3.37. The lowest BCUT2D eigenvalue weighted by Crippen LogP contribution is -2.22. The molecule has 0 aliphatic carbocycles. The number of nitrogens with one attached hydrogen (secondary N) is 1. The van der Waals surface area contributed by atoms with Gasteiger partial charge in [0, 0.05) is 23.0 Å². The minimum absolute atomic E-state index is 0.0779. The fraction of sp³-hybridized carbons (Fsp3) is 0.267. The van der Waals surface area contributed by atoms with Crippen LogP contribution >= 0.6 is 11.6 Å². The van der Waals surface area contributed by atoms with Crippen molar-refractivity contribution in [3.05, 3.63) is 63.9 Å². The Balaban J connectivity index is 2.57. The summed E-state index contributed by atoms with van der Waals surface area (Å²) in [5.41, 5.74) is 0.930. The SMILES string of the molecule is CNC(c1cc(C)cc(Cl)c1)c1cnccc1C(F)(F)F. The van der Waals surface area contributed by atoms with E-state index in [9.17, 15) is 13.2 Å². The second-order valence-electron chi connectivity index (χ2n) is 4.74. The minimum Gasteiger partial charge on any atom is -0.309 e. The van der Waals surface area contributed by atoms with Crippen LogP contribution in [0.4, 0.5) is 13.2 Å². The van der Waals surface area contributed by atoms with E-state index in [0.717, 1.165) is 17.8 Å². The Hall–Kier alpha value is -1.59. The number of pyridine rings is 1. The summed E-state index contributed by atoms with van der Waals surface area (Å²) >= 11 is 6.00. The third-order valence-electron chi connectivity index (χ3n) is 3.15. The Morgan fingerprint density at radius 1 is 1.24 bits per heavy atom. The summed E-state index contributed by atoms with van der Waals surface area (Å²) in [6.07, 6.45) is -2.05. The smallest absolute Gasteiger partial charge is 0.309 e. The van der Waals surface area contributed by atoms with Gasteiger partial charge in [0.1, 0.15) is 0 Å². The van der Waals surface area contributed by atoms with E-state index in [-0.39, 0.29) is 5.56 Å². The molecule has 1 aromatic carbocycles. The van der Waals surface area contributed by atoms with Gasteiger partial charge in [-0.25, -0.2) is 0 Å². The quantitative estimate of drug-likeness (QED) is 0.910. The van der Waals surface area contributed by atoms with Crippen LogP contribution in [-0.2, 0) is 6.18 Å². The molecule has 0 spiro atoms. The highest BCUT2D eigenvalue weighted by atomic mass is 35.5. The molecule has 2 aromatic rings. The first-order valence-corrected chi connectivity index (χ1v) is 6.66. The molecule has 0 fully saturated rings. The molecule has 1 N–H and O–H groups in total. The van der Waals surface area contributed by atoms with Gasteiger partial charge in [0.25, 0.3) is 0 Å². The van der Waals surface area contributed by atoms with Crippen LogP contribution in [0.2, 0.25) is 5.02 Å². The van der Waals surface area contributed by atoms with Crippen LogP contribution in [0.25, 0.3) is 0 Å². The van der Waals surface area contributed by atoms with E-state index >= 15 is 0 Å². The van der Waals surface area contributed by atoms with Crippen molar-refractivity contribution in [2.45, 2.75) is 19.1 Å². The second kappa shape index (κ2) is 6.03. The van der Waals surface area contributed by atoms with Gasteiger partial charge in [-0.15, -0.1) is 0 Å². The molecule has 0 bridgehead atoms. The van der Waals surface area contributed by atoms with Crippen LogP contribution in [0.15, 0.2) is 36.7 Å².